The summed E-state index contributed by atoms with van der Waals surface area (Å²) in [5, 5.41) is 13.3. The summed E-state index contributed by atoms with van der Waals surface area (Å²) in [6.45, 7) is 1.22. The lowest BCUT2D eigenvalue weighted by Gasteiger charge is -2.47. The zero-order valence-electron chi connectivity index (χ0n) is 11.7. The topological polar surface area (TPSA) is 35.5 Å². The first-order valence-electron chi connectivity index (χ1n) is 6.86. The van der Waals surface area contributed by atoms with E-state index in [-0.39, 0.29) is 11.4 Å². The molecule has 1 aromatic rings. The van der Waals surface area contributed by atoms with Crippen LogP contribution in [-0.2, 0) is 0 Å². The first-order valence-corrected chi connectivity index (χ1v) is 6.86. The second kappa shape index (κ2) is 5.99. The molecule has 0 amide bonds. The van der Waals surface area contributed by atoms with Crippen LogP contribution in [0, 0.1) is 5.82 Å². The van der Waals surface area contributed by atoms with Crippen molar-refractivity contribution in [3.05, 3.63) is 35.6 Å². The number of halogens is 1. The maximum atomic E-state index is 13.5. The zero-order chi connectivity index (χ0) is 13.9. The maximum absolute atomic E-state index is 13.5. The molecule has 0 bridgehead atoms. The van der Waals surface area contributed by atoms with E-state index in [0.717, 1.165) is 6.54 Å². The minimum Gasteiger partial charge on any atom is -0.387 e. The summed E-state index contributed by atoms with van der Waals surface area (Å²) < 4.78 is 13.5. The van der Waals surface area contributed by atoms with Crippen LogP contribution < -0.4 is 5.32 Å². The first kappa shape index (κ1) is 14.4. The molecule has 1 aliphatic rings. The van der Waals surface area contributed by atoms with E-state index in [0.29, 0.717) is 12.1 Å². The summed E-state index contributed by atoms with van der Waals surface area (Å²) >= 11 is 0. The van der Waals surface area contributed by atoms with Gasteiger partial charge in [-0.3, -0.25) is 0 Å². The van der Waals surface area contributed by atoms with Gasteiger partial charge in [0.2, 0.25) is 0 Å². The van der Waals surface area contributed by atoms with Crippen LogP contribution in [-0.4, -0.2) is 42.7 Å². The molecule has 1 aromatic carbocycles. The second-order valence-corrected chi connectivity index (χ2v) is 5.64. The standard InChI is InChI=1S/C15H23FN2O/c1-18(2)15(8-5-9-15)11-17-10-14(19)12-6-3-4-7-13(12)16/h3-4,6-7,14,17,19H,5,8-11H2,1-2H3. The van der Waals surface area contributed by atoms with E-state index in [1.807, 2.05) is 0 Å². The fourth-order valence-electron chi connectivity index (χ4n) is 2.66. The van der Waals surface area contributed by atoms with Crippen LogP contribution in [0.5, 0.6) is 0 Å². The summed E-state index contributed by atoms with van der Waals surface area (Å²) in [5.74, 6) is -0.345. The van der Waals surface area contributed by atoms with E-state index in [4.69, 9.17) is 0 Å². The van der Waals surface area contributed by atoms with E-state index < -0.39 is 6.10 Å². The predicted molar refractivity (Wildman–Crippen MR) is 74.5 cm³/mol. The van der Waals surface area contributed by atoms with Crippen molar-refractivity contribution in [3.8, 4) is 0 Å². The van der Waals surface area contributed by atoms with Crippen LogP contribution in [0.2, 0.25) is 0 Å². The lowest BCUT2D eigenvalue weighted by Crippen LogP contribution is -2.56. The third-order valence-corrected chi connectivity index (χ3v) is 4.29. The molecule has 4 heteroatoms. The first-order chi connectivity index (χ1) is 9.05. The van der Waals surface area contributed by atoms with Gasteiger partial charge in [0.25, 0.3) is 0 Å². The number of hydrogen-bond donors (Lipinski definition) is 2. The Morgan fingerprint density at radius 1 is 1.37 bits per heavy atom. The Bertz CT molecular complexity index is 418. The maximum Gasteiger partial charge on any atom is 0.129 e. The van der Waals surface area contributed by atoms with Gasteiger partial charge in [-0.15, -0.1) is 0 Å². The van der Waals surface area contributed by atoms with Crippen molar-refractivity contribution < 1.29 is 9.50 Å². The molecule has 0 saturated heterocycles. The number of nitrogens with one attached hydrogen (secondary N) is 1. The molecule has 2 rings (SSSR count). The summed E-state index contributed by atoms with van der Waals surface area (Å²) in [4.78, 5) is 2.25. The quantitative estimate of drug-likeness (QED) is 0.826. The molecule has 0 aliphatic heterocycles. The van der Waals surface area contributed by atoms with Gasteiger partial charge in [-0.05, 0) is 39.4 Å². The number of nitrogens with zero attached hydrogens (tertiary/aromatic N) is 1. The molecule has 1 fully saturated rings. The Kier molecular flexibility index (Phi) is 4.55. The molecular formula is C15H23FN2O. The van der Waals surface area contributed by atoms with E-state index in [1.165, 1.54) is 25.3 Å². The summed E-state index contributed by atoms with van der Waals surface area (Å²) in [7, 11) is 4.18. The number of aliphatic hydroxyl groups excluding tert-OH is 1. The van der Waals surface area contributed by atoms with Gasteiger partial charge in [-0.1, -0.05) is 18.2 Å². The Hall–Kier alpha value is -0.970. The zero-order valence-corrected chi connectivity index (χ0v) is 11.7. The number of hydrogen-bond acceptors (Lipinski definition) is 3. The highest BCUT2D eigenvalue weighted by molar-refractivity contribution is 5.20. The fraction of sp³-hybridized carbons (Fsp3) is 0.600. The second-order valence-electron chi connectivity index (χ2n) is 5.64. The molecule has 0 spiro atoms. The number of rotatable bonds is 6. The van der Waals surface area contributed by atoms with Crippen molar-refractivity contribution >= 4 is 0 Å². The van der Waals surface area contributed by atoms with Crippen molar-refractivity contribution in [1.29, 1.82) is 0 Å². The molecular weight excluding hydrogens is 243 g/mol. The Balaban J connectivity index is 1.84. The lowest BCUT2D eigenvalue weighted by molar-refractivity contribution is 0.0554. The monoisotopic (exact) mass is 266 g/mol. The van der Waals surface area contributed by atoms with Crippen molar-refractivity contribution in [2.24, 2.45) is 0 Å². The lowest BCUT2D eigenvalue weighted by atomic mass is 9.75. The van der Waals surface area contributed by atoms with E-state index in [9.17, 15) is 9.50 Å². The molecule has 3 nitrogen and oxygen atoms in total. The highest BCUT2D eigenvalue weighted by atomic mass is 19.1. The molecule has 19 heavy (non-hydrogen) atoms. The molecule has 1 aliphatic carbocycles. The van der Waals surface area contributed by atoms with Crippen LogP contribution >= 0.6 is 0 Å². The predicted octanol–water partition coefficient (Wildman–Crippen LogP) is 1.93. The highest BCUT2D eigenvalue weighted by Crippen LogP contribution is 2.35. The van der Waals surface area contributed by atoms with Crippen molar-refractivity contribution in [3.63, 3.8) is 0 Å². The average molecular weight is 266 g/mol. The number of likely N-dealkylation sites (N-methyl/N-ethyl adjacent to an activating group) is 1. The molecule has 106 valence electrons. The van der Waals surface area contributed by atoms with Gasteiger partial charge in [0, 0.05) is 24.2 Å². The molecule has 0 heterocycles. The van der Waals surface area contributed by atoms with Crippen LogP contribution in [0.3, 0.4) is 0 Å². The Morgan fingerprint density at radius 2 is 2.05 bits per heavy atom. The fourth-order valence-corrected chi connectivity index (χ4v) is 2.66. The molecule has 1 unspecified atom stereocenters. The Morgan fingerprint density at radius 3 is 2.58 bits per heavy atom. The van der Waals surface area contributed by atoms with Crippen LogP contribution in [0.25, 0.3) is 0 Å². The third kappa shape index (κ3) is 3.14. The Labute approximate surface area is 114 Å². The van der Waals surface area contributed by atoms with Gasteiger partial charge in [0.05, 0.1) is 6.10 Å². The largest absolute Gasteiger partial charge is 0.387 e. The summed E-state index contributed by atoms with van der Waals surface area (Å²) in [6, 6.07) is 6.39. The minimum absolute atomic E-state index is 0.217. The van der Waals surface area contributed by atoms with Crippen molar-refractivity contribution in [2.75, 3.05) is 27.2 Å². The summed E-state index contributed by atoms with van der Waals surface area (Å²) in [5.41, 5.74) is 0.581. The van der Waals surface area contributed by atoms with Gasteiger partial charge < -0.3 is 15.3 Å². The van der Waals surface area contributed by atoms with Gasteiger partial charge >= 0.3 is 0 Å². The normalized spacial score (nSPS) is 19.2. The van der Waals surface area contributed by atoms with Crippen LogP contribution in [0.15, 0.2) is 24.3 Å². The molecule has 1 atom stereocenters. The molecule has 2 N–H and O–H groups in total. The molecule has 0 aromatic heterocycles. The average Bonchev–Trinajstić information content (AvgIpc) is 2.32. The number of benzene rings is 1. The van der Waals surface area contributed by atoms with Crippen LogP contribution in [0.1, 0.15) is 30.9 Å². The molecule has 0 radical (unpaired) electrons. The van der Waals surface area contributed by atoms with E-state index >= 15 is 0 Å². The smallest absolute Gasteiger partial charge is 0.129 e. The number of aliphatic hydroxyl groups is 1. The molecule has 1 saturated carbocycles. The van der Waals surface area contributed by atoms with Gasteiger partial charge in [0.1, 0.15) is 5.82 Å². The van der Waals surface area contributed by atoms with E-state index in [1.54, 1.807) is 18.2 Å². The van der Waals surface area contributed by atoms with Crippen molar-refractivity contribution in [2.45, 2.75) is 30.9 Å². The van der Waals surface area contributed by atoms with Gasteiger partial charge in [-0.2, -0.15) is 0 Å². The SMILES string of the molecule is CN(C)C1(CNCC(O)c2ccccc2F)CCC1. The third-order valence-electron chi connectivity index (χ3n) is 4.29. The van der Waals surface area contributed by atoms with Gasteiger partial charge in [-0.25, -0.2) is 4.39 Å². The van der Waals surface area contributed by atoms with Crippen molar-refractivity contribution in [1.82, 2.24) is 10.2 Å². The van der Waals surface area contributed by atoms with Crippen LogP contribution in [0.4, 0.5) is 4.39 Å². The van der Waals surface area contributed by atoms with Gasteiger partial charge in [0.15, 0.2) is 0 Å². The van der Waals surface area contributed by atoms with E-state index in [2.05, 4.69) is 24.3 Å². The highest BCUT2D eigenvalue weighted by Gasteiger charge is 2.38. The summed E-state index contributed by atoms with van der Waals surface area (Å²) in [6.07, 6.45) is 2.84. The minimum atomic E-state index is -0.791.